The molecule has 2 heteroatoms. The molecule has 3 rings (SSSR count). The van der Waals surface area contributed by atoms with E-state index in [0.29, 0.717) is 17.9 Å². The number of nitrogens with two attached hydrogens (primary N) is 1. The number of hydrogen-bond acceptors (Lipinski definition) is 2. The van der Waals surface area contributed by atoms with Crippen LogP contribution in [-0.4, -0.2) is 13.2 Å². The molecule has 0 spiro atoms. The summed E-state index contributed by atoms with van der Waals surface area (Å²) in [5.41, 5.74) is 9.02. The average Bonchev–Trinajstić information content (AvgIpc) is 2.74. The molecule has 2 aliphatic carbocycles. The lowest BCUT2D eigenvalue weighted by molar-refractivity contribution is 0.413. The maximum Gasteiger partial charge on any atom is 0.119 e. The number of methoxy groups -OCH3 is 1. The van der Waals surface area contributed by atoms with E-state index in [1.807, 2.05) is 6.07 Å². The number of fused-ring (bicyclic) bond motifs is 5. The third-order valence-corrected chi connectivity index (χ3v) is 3.75. The maximum absolute atomic E-state index is 6.07. The van der Waals surface area contributed by atoms with E-state index in [-0.39, 0.29) is 0 Å². The van der Waals surface area contributed by atoms with E-state index in [1.165, 1.54) is 17.5 Å². The standard InChI is InChI=1S/C12H15NO/c1-14-8-2-3-9-10(6-8)7-4-11(9)12(13)5-7/h2-3,6-7,11-12H,4-5,13H2,1H3/t7?,11?,12-/m1/s1. The monoisotopic (exact) mass is 189 g/mol. The summed E-state index contributed by atoms with van der Waals surface area (Å²) in [4.78, 5) is 0. The largest absolute Gasteiger partial charge is 0.497 e. The number of benzene rings is 1. The van der Waals surface area contributed by atoms with Crippen molar-refractivity contribution in [1.29, 1.82) is 0 Å². The van der Waals surface area contributed by atoms with Gasteiger partial charge in [-0.2, -0.15) is 0 Å². The number of rotatable bonds is 1. The summed E-state index contributed by atoms with van der Waals surface area (Å²) in [6.45, 7) is 0. The van der Waals surface area contributed by atoms with Crippen LogP contribution in [0.15, 0.2) is 18.2 Å². The molecule has 3 atom stereocenters. The van der Waals surface area contributed by atoms with E-state index < -0.39 is 0 Å². The van der Waals surface area contributed by atoms with Crippen LogP contribution in [0.4, 0.5) is 0 Å². The van der Waals surface area contributed by atoms with Crippen molar-refractivity contribution < 1.29 is 4.74 Å². The Morgan fingerprint density at radius 3 is 2.93 bits per heavy atom. The Bertz CT molecular complexity index is 375. The zero-order chi connectivity index (χ0) is 9.71. The molecule has 1 fully saturated rings. The Morgan fingerprint density at radius 1 is 1.29 bits per heavy atom. The SMILES string of the molecule is COc1ccc2c(c1)C1CC2[C@H](N)C1. The van der Waals surface area contributed by atoms with E-state index in [0.717, 1.165) is 12.2 Å². The fourth-order valence-corrected chi connectivity index (χ4v) is 3.05. The van der Waals surface area contributed by atoms with Gasteiger partial charge < -0.3 is 10.5 Å². The van der Waals surface area contributed by atoms with Crippen LogP contribution >= 0.6 is 0 Å². The molecule has 2 nitrogen and oxygen atoms in total. The molecule has 0 aliphatic heterocycles. The molecule has 0 radical (unpaired) electrons. The molecule has 1 aromatic carbocycles. The van der Waals surface area contributed by atoms with Crippen molar-refractivity contribution in [3.05, 3.63) is 29.3 Å². The van der Waals surface area contributed by atoms with Gasteiger partial charge in [-0.1, -0.05) is 6.07 Å². The summed E-state index contributed by atoms with van der Waals surface area (Å²) in [6.07, 6.45) is 2.41. The van der Waals surface area contributed by atoms with Gasteiger partial charge in [-0.3, -0.25) is 0 Å². The van der Waals surface area contributed by atoms with Gasteiger partial charge in [0.2, 0.25) is 0 Å². The zero-order valence-corrected chi connectivity index (χ0v) is 8.36. The van der Waals surface area contributed by atoms with Gasteiger partial charge in [0.25, 0.3) is 0 Å². The summed E-state index contributed by atoms with van der Waals surface area (Å²) < 4.78 is 5.24. The quantitative estimate of drug-likeness (QED) is 0.733. The van der Waals surface area contributed by atoms with Crippen molar-refractivity contribution >= 4 is 0 Å². The van der Waals surface area contributed by atoms with Gasteiger partial charge in [-0.15, -0.1) is 0 Å². The van der Waals surface area contributed by atoms with Crippen molar-refractivity contribution in [2.24, 2.45) is 5.73 Å². The van der Waals surface area contributed by atoms with Crippen molar-refractivity contribution in [1.82, 2.24) is 0 Å². The highest BCUT2D eigenvalue weighted by Crippen LogP contribution is 2.52. The second-order valence-electron chi connectivity index (χ2n) is 4.43. The van der Waals surface area contributed by atoms with Crippen LogP contribution in [0.3, 0.4) is 0 Å². The highest BCUT2D eigenvalue weighted by atomic mass is 16.5. The highest BCUT2D eigenvalue weighted by Gasteiger charge is 2.41. The van der Waals surface area contributed by atoms with Gasteiger partial charge >= 0.3 is 0 Å². The van der Waals surface area contributed by atoms with Crippen molar-refractivity contribution in [3.63, 3.8) is 0 Å². The molecule has 1 saturated carbocycles. The molecule has 0 saturated heterocycles. The molecule has 2 N–H and O–H groups in total. The van der Waals surface area contributed by atoms with Crippen molar-refractivity contribution in [3.8, 4) is 5.75 Å². The molecule has 0 amide bonds. The normalized spacial score (nSPS) is 33.1. The second-order valence-corrected chi connectivity index (χ2v) is 4.43. The smallest absolute Gasteiger partial charge is 0.119 e. The van der Waals surface area contributed by atoms with Gasteiger partial charge in [0.15, 0.2) is 0 Å². The van der Waals surface area contributed by atoms with E-state index >= 15 is 0 Å². The number of ether oxygens (including phenoxy) is 1. The first kappa shape index (κ1) is 8.30. The Labute approximate surface area is 84.1 Å². The number of hydrogen-bond donors (Lipinski definition) is 1. The molecule has 0 aromatic heterocycles. The zero-order valence-electron chi connectivity index (χ0n) is 8.36. The van der Waals surface area contributed by atoms with Crippen LogP contribution in [0.2, 0.25) is 0 Å². The fraction of sp³-hybridized carbons (Fsp3) is 0.500. The Kier molecular flexibility index (Phi) is 1.62. The predicted molar refractivity (Wildman–Crippen MR) is 55.7 cm³/mol. The minimum atomic E-state index is 0.390. The summed E-state index contributed by atoms with van der Waals surface area (Å²) in [6, 6.07) is 6.82. The minimum Gasteiger partial charge on any atom is -0.497 e. The lowest BCUT2D eigenvalue weighted by Crippen LogP contribution is -2.25. The molecule has 2 unspecified atom stereocenters. The molecule has 1 aromatic rings. The van der Waals surface area contributed by atoms with Gasteiger partial charge in [0, 0.05) is 6.04 Å². The molecule has 2 aliphatic rings. The average molecular weight is 189 g/mol. The first-order valence-corrected chi connectivity index (χ1v) is 5.23. The first-order chi connectivity index (χ1) is 6.79. The molecular weight excluding hydrogens is 174 g/mol. The fourth-order valence-electron chi connectivity index (χ4n) is 3.05. The van der Waals surface area contributed by atoms with E-state index in [4.69, 9.17) is 10.5 Å². The van der Waals surface area contributed by atoms with E-state index in [9.17, 15) is 0 Å². The first-order valence-electron chi connectivity index (χ1n) is 5.23. The molecule has 74 valence electrons. The topological polar surface area (TPSA) is 35.2 Å². The molecule has 14 heavy (non-hydrogen) atoms. The predicted octanol–water partition coefficient (Wildman–Crippen LogP) is 2.00. The van der Waals surface area contributed by atoms with Crippen molar-refractivity contribution in [2.75, 3.05) is 7.11 Å². The van der Waals surface area contributed by atoms with Gasteiger partial charge in [-0.25, -0.2) is 0 Å². The summed E-state index contributed by atoms with van der Waals surface area (Å²) in [7, 11) is 1.72. The molecule has 2 bridgehead atoms. The van der Waals surface area contributed by atoms with Crippen LogP contribution in [0, 0.1) is 0 Å². The third kappa shape index (κ3) is 0.947. The summed E-state index contributed by atoms with van der Waals surface area (Å²) in [5.74, 6) is 2.28. The van der Waals surface area contributed by atoms with E-state index in [1.54, 1.807) is 7.11 Å². The Balaban J connectivity index is 2.08. The maximum atomic E-state index is 6.07. The second kappa shape index (κ2) is 2.74. The molecule has 0 heterocycles. The van der Waals surface area contributed by atoms with Gasteiger partial charge in [0.05, 0.1) is 7.11 Å². The van der Waals surface area contributed by atoms with Gasteiger partial charge in [0.1, 0.15) is 5.75 Å². The Hall–Kier alpha value is -1.02. The lowest BCUT2D eigenvalue weighted by atomic mass is 9.89. The highest BCUT2D eigenvalue weighted by molar-refractivity contribution is 5.46. The Morgan fingerprint density at radius 2 is 2.14 bits per heavy atom. The lowest BCUT2D eigenvalue weighted by Gasteiger charge is -2.21. The van der Waals surface area contributed by atoms with Crippen molar-refractivity contribution in [2.45, 2.75) is 30.7 Å². The molecular formula is C12H15NO. The summed E-state index contributed by atoms with van der Waals surface area (Å²) in [5, 5.41) is 0. The van der Waals surface area contributed by atoms with Crippen LogP contribution in [0.1, 0.15) is 35.8 Å². The van der Waals surface area contributed by atoms with Crippen LogP contribution in [-0.2, 0) is 0 Å². The minimum absolute atomic E-state index is 0.390. The third-order valence-electron chi connectivity index (χ3n) is 3.75. The van der Waals surface area contributed by atoms with Crippen LogP contribution in [0.25, 0.3) is 0 Å². The van der Waals surface area contributed by atoms with Crippen LogP contribution < -0.4 is 10.5 Å². The van der Waals surface area contributed by atoms with Gasteiger partial charge in [-0.05, 0) is 47.9 Å². The van der Waals surface area contributed by atoms with Crippen LogP contribution in [0.5, 0.6) is 5.75 Å². The summed E-state index contributed by atoms with van der Waals surface area (Å²) >= 11 is 0. The van der Waals surface area contributed by atoms with E-state index in [2.05, 4.69) is 12.1 Å².